The van der Waals surface area contributed by atoms with Crippen LogP contribution in [0.3, 0.4) is 0 Å². The van der Waals surface area contributed by atoms with E-state index in [9.17, 15) is 31.2 Å². The summed E-state index contributed by atoms with van der Waals surface area (Å²) in [6.07, 6.45) is -4.31. The van der Waals surface area contributed by atoms with Crippen LogP contribution in [0.4, 0.5) is 13.2 Å². The van der Waals surface area contributed by atoms with Gasteiger partial charge in [-0.3, -0.25) is 9.59 Å². The van der Waals surface area contributed by atoms with Gasteiger partial charge in [-0.05, 0) is 43.9 Å². The zero-order chi connectivity index (χ0) is 19.1. The summed E-state index contributed by atoms with van der Waals surface area (Å²) in [7, 11) is -3.97. The lowest BCUT2D eigenvalue weighted by Gasteiger charge is -2.30. The number of halogens is 3. The van der Waals surface area contributed by atoms with Crippen LogP contribution in [-0.4, -0.2) is 30.6 Å². The van der Waals surface area contributed by atoms with E-state index in [0.29, 0.717) is 0 Å². The van der Waals surface area contributed by atoms with E-state index in [1.165, 1.54) is 18.2 Å². The number of fused-ring (bicyclic) bond motifs is 1. The van der Waals surface area contributed by atoms with Crippen LogP contribution in [-0.2, 0) is 10.0 Å². The molecule has 1 aliphatic carbocycles. The molecule has 1 saturated carbocycles. The number of benzene rings is 1. The molecule has 142 valence electrons. The largest absolute Gasteiger partial charge is 0.391 e. The van der Waals surface area contributed by atoms with Crippen LogP contribution < -0.4 is 15.8 Å². The molecule has 1 heterocycles. The number of aromatic nitrogens is 2. The number of sulfonamides is 1. The minimum Gasteiger partial charge on any atom is -0.316 e. The third-order valence-corrected chi connectivity index (χ3v) is 6.03. The molecule has 0 bridgehead atoms. The number of aromatic amines is 2. The van der Waals surface area contributed by atoms with E-state index in [-0.39, 0.29) is 41.6 Å². The van der Waals surface area contributed by atoms with E-state index < -0.39 is 39.3 Å². The number of hydrogen-bond donors (Lipinski definition) is 3. The van der Waals surface area contributed by atoms with Crippen molar-refractivity contribution in [2.45, 2.75) is 42.8 Å². The fraction of sp³-hybridized carbons (Fsp3) is 0.467. The highest BCUT2D eigenvalue weighted by Gasteiger charge is 2.41. The van der Waals surface area contributed by atoms with Crippen LogP contribution in [0.1, 0.15) is 25.7 Å². The van der Waals surface area contributed by atoms with Gasteiger partial charge in [-0.15, -0.1) is 0 Å². The van der Waals surface area contributed by atoms with Gasteiger partial charge in [0.05, 0.1) is 21.8 Å². The van der Waals surface area contributed by atoms with Gasteiger partial charge in [0, 0.05) is 6.04 Å². The molecule has 3 N–H and O–H groups in total. The summed E-state index contributed by atoms with van der Waals surface area (Å²) in [5, 5.41) is 0. The first-order valence-corrected chi connectivity index (χ1v) is 9.40. The number of hydrogen-bond acceptors (Lipinski definition) is 4. The summed E-state index contributed by atoms with van der Waals surface area (Å²) in [4.78, 5) is 27.1. The van der Waals surface area contributed by atoms with Crippen LogP contribution >= 0.6 is 0 Å². The topological polar surface area (TPSA) is 112 Å². The van der Waals surface area contributed by atoms with Crippen LogP contribution in [0.5, 0.6) is 0 Å². The molecule has 0 aliphatic heterocycles. The Bertz CT molecular complexity index is 1030. The molecule has 0 radical (unpaired) electrons. The molecule has 0 amide bonds. The lowest BCUT2D eigenvalue weighted by Crippen LogP contribution is -2.40. The van der Waals surface area contributed by atoms with Crippen LogP contribution in [0.15, 0.2) is 32.7 Å². The second-order valence-electron chi connectivity index (χ2n) is 6.33. The molecule has 0 atom stereocenters. The molecule has 1 aliphatic rings. The Morgan fingerprint density at radius 3 is 2.12 bits per heavy atom. The SMILES string of the molecule is O=c1[nH]c2ccc(S(=O)(=O)NC3CCC(C(F)(F)F)CC3)cc2[nH]c1=O. The summed E-state index contributed by atoms with van der Waals surface area (Å²) >= 11 is 0. The Kier molecular flexibility index (Phi) is 4.69. The molecule has 1 aromatic carbocycles. The molecule has 2 aromatic rings. The molecular formula is C15H16F3N3O4S. The molecule has 0 unspecified atom stereocenters. The van der Waals surface area contributed by atoms with Crippen molar-refractivity contribution in [1.82, 2.24) is 14.7 Å². The average molecular weight is 391 g/mol. The van der Waals surface area contributed by atoms with Crippen molar-refractivity contribution in [2.24, 2.45) is 5.92 Å². The van der Waals surface area contributed by atoms with Gasteiger partial charge in [-0.25, -0.2) is 13.1 Å². The van der Waals surface area contributed by atoms with Gasteiger partial charge in [0.1, 0.15) is 0 Å². The van der Waals surface area contributed by atoms with Crippen molar-refractivity contribution in [3.63, 3.8) is 0 Å². The maximum Gasteiger partial charge on any atom is 0.391 e. The second kappa shape index (κ2) is 6.54. The first kappa shape index (κ1) is 18.6. The Morgan fingerprint density at radius 2 is 1.54 bits per heavy atom. The minimum absolute atomic E-state index is 0.0984. The van der Waals surface area contributed by atoms with Crippen molar-refractivity contribution in [3.05, 3.63) is 38.9 Å². The summed E-state index contributed by atoms with van der Waals surface area (Å²) in [6, 6.07) is 3.20. The monoisotopic (exact) mass is 391 g/mol. The minimum atomic E-state index is -4.26. The van der Waals surface area contributed by atoms with E-state index in [2.05, 4.69) is 14.7 Å². The van der Waals surface area contributed by atoms with Gasteiger partial charge >= 0.3 is 17.3 Å². The summed E-state index contributed by atoms with van der Waals surface area (Å²) in [5.74, 6) is -1.40. The summed E-state index contributed by atoms with van der Waals surface area (Å²) < 4.78 is 65.4. The lowest BCUT2D eigenvalue weighted by molar-refractivity contribution is -0.182. The van der Waals surface area contributed by atoms with Gasteiger partial charge in [0.25, 0.3) is 0 Å². The number of rotatable bonds is 3. The van der Waals surface area contributed by atoms with E-state index in [1.807, 2.05) is 0 Å². The molecule has 1 fully saturated rings. The first-order chi connectivity index (χ1) is 12.1. The quantitative estimate of drug-likeness (QED) is 0.690. The van der Waals surface area contributed by atoms with E-state index >= 15 is 0 Å². The van der Waals surface area contributed by atoms with Crippen LogP contribution in [0, 0.1) is 5.92 Å². The van der Waals surface area contributed by atoms with Gasteiger partial charge in [-0.2, -0.15) is 13.2 Å². The van der Waals surface area contributed by atoms with Gasteiger partial charge < -0.3 is 9.97 Å². The number of H-pyrrole nitrogens is 2. The fourth-order valence-electron chi connectivity index (χ4n) is 3.09. The number of nitrogens with one attached hydrogen (secondary N) is 3. The smallest absolute Gasteiger partial charge is 0.316 e. The van der Waals surface area contributed by atoms with E-state index in [4.69, 9.17) is 0 Å². The summed E-state index contributed by atoms with van der Waals surface area (Å²) in [6.45, 7) is 0. The Labute approximate surface area is 145 Å². The van der Waals surface area contributed by atoms with Gasteiger partial charge in [-0.1, -0.05) is 0 Å². The molecule has 0 spiro atoms. The fourth-order valence-corrected chi connectivity index (χ4v) is 4.42. The second-order valence-corrected chi connectivity index (χ2v) is 8.04. The zero-order valence-corrected chi connectivity index (χ0v) is 14.2. The molecule has 26 heavy (non-hydrogen) atoms. The van der Waals surface area contributed by atoms with Crippen molar-refractivity contribution in [1.29, 1.82) is 0 Å². The zero-order valence-electron chi connectivity index (χ0n) is 13.4. The Hall–Kier alpha value is -2.14. The van der Waals surface area contributed by atoms with E-state index in [1.54, 1.807) is 0 Å². The predicted octanol–water partition coefficient (Wildman–Crippen LogP) is 1.62. The first-order valence-electron chi connectivity index (χ1n) is 7.92. The van der Waals surface area contributed by atoms with Crippen molar-refractivity contribution < 1.29 is 21.6 Å². The van der Waals surface area contributed by atoms with Crippen LogP contribution in [0.2, 0.25) is 0 Å². The molecule has 3 rings (SSSR count). The molecular weight excluding hydrogens is 375 g/mol. The highest BCUT2D eigenvalue weighted by molar-refractivity contribution is 7.89. The van der Waals surface area contributed by atoms with Crippen molar-refractivity contribution in [3.8, 4) is 0 Å². The standard InChI is InChI=1S/C15H16F3N3O4S/c16-15(17,18)8-1-3-9(4-2-8)21-26(24,25)10-5-6-11-12(7-10)20-14(23)13(22)19-11/h5-9,21H,1-4H2,(H,19,22)(H,20,23). The van der Waals surface area contributed by atoms with Crippen molar-refractivity contribution in [2.75, 3.05) is 0 Å². The molecule has 1 aromatic heterocycles. The average Bonchev–Trinajstić information content (AvgIpc) is 2.55. The van der Waals surface area contributed by atoms with Gasteiger partial charge in [0.15, 0.2) is 0 Å². The van der Waals surface area contributed by atoms with Crippen LogP contribution in [0.25, 0.3) is 11.0 Å². The maximum atomic E-state index is 12.7. The Balaban J connectivity index is 1.79. The van der Waals surface area contributed by atoms with Crippen molar-refractivity contribution >= 4 is 21.1 Å². The third kappa shape index (κ3) is 3.83. The Morgan fingerprint density at radius 1 is 0.962 bits per heavy atom. The number of alkyl halides is 3. The molecule has 11 heteroatoms. The third-order valence-electron chi connectivity index (χ3n) is 4.52. The molecule has 7 nitrogen and oxygen atoms in total. The normalized spacial score (nSPS) is 21.8. The lowest BCUT2D eigenvalue weighted by atomic mass is 9.86. The van der Waals surface area contributed by atoms with Gasteiger partial charge in [0.2, 0.25) is 10.0 Å². The summed E-state index contributed by atoms with van der Waals surface area (Å²) in [5.41, 5.74) is -1.37. The maximum absolute atomic E-state index is 12.7. The highest BCUT2D eigenvalue weighted by Crippen LogP contribution is 2.37. The predicted molar refractivity (Wildman–Crippen MR) is 87.3 cm³/mol. The van der Waals surface area contributed by atoms with E-state index in [0.717, 1.165) is 0 Å². The molecule has 0 saturated heterocycles. The highest BCUT2D eigenvalue weighted by atomic mass is 32.2.